The molecule has 0 heterocycles. The van der Waals surface area contributed by atoms with Crippen LogP contribution in [0.5, 0.6) is 11.5 Å². The van der Waals surface area contributed by atoms with E-state index in [4.69, 9.17) is 10.5 Å². The number of hydrogen-bond donors (Lipinski definition) is 1. The predicted molar refractivity (Wildman–Crippen MR) is 87.3 cm³/mol. The number of rotatable bonds is 4. The van der Waals surface area contributed by atoms with Crippen LogP contribution in [0, 0.1) is 0 Å². The highest BCUT2D eigenvalue weighted by Gasteiger charge is 2.11. The lowest BCUT2D eigenvalue weighted by molar-refractivity contribution is 0.470. The Bertz CT molecular complexity index is 593. The van der Waals surface area contributed by atoms with Crippen molar-refractivity contribution in [3.63, 3.8) is 0 Å². The lowest BCUT2D eigenvalue weighted by Crippen LogP contribution is -2.04. The highest BCUT2D eigenvalue weighted by molar-refractivity contribution is 9.10. The van der Waals surface area contributed by atoms with Crippen molar-refractivity contribution in [2.75, 3.05) is 0 Å². The zero-order valence-electron chi connectivity index (χ0n) is 12.1. The van der Waals surface area contributed by atoms with Crippen molar-refractivity contribution in [2.24, 2.45) is 5.73 Å². The van der Waals surface area contributed by atoms with Crippen LogP contribution in [-0.4, -0.2) is 0 Å². The van der Waals surface area contributed by atoms with Crippen molar-refractivity contribution in [3.05, 3.63) is 58.1 Å². The van der Waals surface area contributed by atoms with E-state index in [0.717, 1.165) is 21.5 Å². The van der Waals surface area contributed by atoms with E-state index in [1.807, 2.05) is 43.3 Å². The van der Waals surface area contributed by atoms with Crippen LogP contribution in [0.25, 0.3) is 0 Å². The third-order valence-corrected chi connectivity index (χ3v) is 3.86. The molecule has 0 saturated heterocycles. The zero-order valence-corrected chi connectivity index (χ0v) is 13.6. The molecule has 106 valence electrons. The third-order valence-electron chi connectivity index (χ3n) is 3.24. The van der Waals surface area contributed by atoms with E-state index in [9.17, 15) is 0 Å². The summed E-state index contributed by atoms with van der Waals surface area (Å²) in [5.74, 6) is 2.13. The normalized spacial score (nSPS) is 12.5. The van der Waals surface area contributed by atoms with Crippen molar-refractivity contribution < 1.29 is 4.74 Å². The Kier molecular flexibility index (Phi) is 4.84. The van der Waals surface area contributed by atoms with Crippen molar-refractivity contribution in [1.82, 2.24) is 0 Å². The molecular weight excluding hydrogens is 314 g/mol. The molecule has 0 bridgehead atoms. The minimum Gasteiger partial charge on any atom is -0.456 e. The van der Waals surface area contributed by atoms with Gasteiger partial charge in [0.05, 0.1) is 4.47 Å². The average Bonchev–Trinajstić information content (AvgIpc) is 2.41. The molecule has 2 aromatic carbocycles. The first kappa shape index (κ1) is 15.1. The molecule has 0 aromatic heterocycles. The molecule has 0 amide bonds. The van der Waals surface area contributed by atoms with Gasteiger partial charge < -0.3 is 10.5 Å². The van der Waals surface area contributed by atoms with Crippen molar-refractivity contribution >= 4 is 15.9 Å². The Morgan fingerprint density at radius 2 is 1.70 bits per heavy atom. The molecule has 0 spiro atoms. The molecule has 2 nitrogen and oxygen atoms in total. The SMILES string of the molecule is CC(C)c1ccccc1Oc1ccc([C@@H](C)N)cc1Br. The summed E-state index contributed by atoms with van der Waals surface area (Å²) in [5, 5.41) is 0. The lowest BCUT2D eigenvalue weighted by Gasteiger charge is -2.15. The maximum atomic E-state index is 6.05. The summed E-state index contributed by atoms with van der Waals surface area (Å²) in [6, 6.07) is 14.1. The van der Waals surface area contributed by atoms with E-state index < -0.39 is 0 Å². The fourth-order valence-corrected chi connectivity index (χ4v) is 2.53. The summed E-state index contributed by atoms with van der Waals surface area (Å²) in [6.45, 7) is 6.29. The maximum Gasteiger partial charge on any atom is 0.141 e. The van der Waals surface area contributed by atoms with Gasteiger partial charge in [0.25, 0.3) is 0 Å². The molecule has 0 aliphatic rings. The van der Waals surface area contributed by atoms with Gasteiger partial charge in [0.2, 0.25) is 0 Å². The van der Waals surface area contributed by atoms with Crippen LogP contribution < -0.4 is 10.5 Å². The van der Waals surface area contributed by atoms with Gasteiger partial charge in [-0.1, -0.05) is 38.1 Å². The smallest absolute Gasteiger partial charge is 0.141 e. The van der Waals surface area contributed by atoms with E-state index in [1.54, 1.807) is 0 Å². The largest absolute Gasteiger partial charge is 0.456 e. The fraction of sp³-hybridized carbons (Fsp3) is 0.294. The van der Waals surface area contributed by atoms with E-state index >= 15 is 0 Å². The molecule has 3 heteroatoms. The average molecular weight is 334 g/mol. The molecule has 0 aliphatic carbocycles. The minimum absolute atomic E-state index is 0.0169. The Hall–Kier alpha value is -1.32. The van der Waals surface area contributed by atoms with Crippen LogP contribution >= 0.6 is 15.9 Å². The van der Waals surface area contributed by atoms with Crippen LogP contribution in [0.2, 0.25) is 0 Å². The summed E-state index contributed by atoms with van der Waals surface area (Å²) < 4.78 is 6.97. The van der Waals surface area contributed by atoms with Gasteiger partial charge in [-0.05, 0) is 58.1 Å². The Labute approximate surface area is 129 Å². The third kappa shape index (κ3) is 3.41. The van der Waals surface area contributed by atoms with E-state index in [0.29, 0.717) is 5.92 Å². The molecule has 0 radical (unpaired) electrons. The quantitative estimate of drug-likeness (QED) is 0.814. The van der Waals surface area contributed by atoms with Crippen LogP contribution in [0.4, 0.5) is 0 Å². The highest BCUT2D eigenvalue weighted by Crippen LogP contribution is 2.35. The summed E-state index contributed by atoms with van der Waals surface area (Å²) in [4.78, 5) is 0. The molecule has 0 saturated carbocycles. The number of halogens is 1. The Morgan fingerprint density at radius 3 is 2.30 bits per heavy atom. The van der Waals surface area contributed by atoms with Gasteiger partial charge >= 0.3 is 0 Å². The number of ether oxygens (including phenoxy) is 1. The lowest BCUT2D eigenvalue weighted by atomic mass is 10.0. The van der Waals surface area contributed by atoms with E-state index in [-0.39, 0.29) is 6.04 Å². The van der Waals surface area contributed by atoms with Crippen molar-refractivity contribution in [2.45, 2.75) is 32.7 Å². The van der Waals surface area contributed by atoms with Crippen molar-refractivity contribution in [1.29, 1.82) is 0 Å². The molecule has 0 unspecified atom stereocenters. The Morgan fingerprint density at radius 1 is 1.00 bits per heavy atom. The Balaban J connectivity index is 2.31. The van der Waals surface area contributed by atoms with Gasteiger partial charge in [-0.15, -0.1) is 0 Å². The molecule has 2 N–H and O–H groups in total. The maximum absolute atomic E-state index is 6.05. The standard InChI is InChI=1S/C17H20BrNO/c1-11(2)14-6-4-5-7-16(14)20-17-9-8-13(12(3)19)10-15(17)18/h4-12H,19H2,1-3H3/t12-/m1/s1. The summed E-state index contributed by atoms with van der Waals surface area (Å²) in [7, 11) is 0. The second kappa shape index (κ2) is 6.42. The minimum atomic E-state index is 0.0169. The molecule has 2 aromatic rings. The second-order valence-corrected chi connectivity index (χ2v) is 6.13. The summed E-state index contributed by atoms with van der Waals surface area (Å²) >= 11 is 3.55. The molecule has 0 fully saturated rings. The molecule has 20 heavy (non-hydrogen) atoms. The highest BCUT2D eigenvalue weighted by atomic mass is 79.9. The van der Waals surface area contributed by atoms with E-state index in [1.165, 1.54) is 5.56 Å². The van der Waals surface area contributed by atoms with Gasteiger partial charge in [-0.3, -0.25) is 0 Å². The van der Waals surface area contributed by atoms with Gasteiger partial charge in [0.15, 0.2) is 0 Å². The molecule has 2 rings (SSSR count). The number of benzene rings is 2. The molecule has 1 atom stereocenters. The molecular formula is C17H20BrNO. The first-order chi connectivity index (χ1) is 9.49. The number of para-hydroxylation sites is 1. The van der Waals surface area contributed by atoms with Crippen LogP contribution in [-0.2, 0) is 0 Å². The first-order valence-electron chi connectivity index (χ1n) is 6.81. The molecule has 0 aliphatic heterocycles. The van der Waals surface area contributed by atoms with Crippen LogP contribution in [0.15, 0.2) is 46.9 Å². The summed E-state index contributed by atoms with van der Waals surface area (Å²) in [6.07, 6.45) is 0. The monoisotopic (exact) mass is 333 g/mol. The second-order valence-electron chi connectivity index (χ2n) is 5.27. The van der Waals surface area contributed by atoms with Gasteiger partial charge in [0.1, 0.15) is 11.5 Å². The van der Waals surface area contributed by atoms with Crippen LogP contribution in [0.1, 0.15) is 43.9 Å². The van der Waals surface area contributed by atoms with Crippen molar-refractivity contribution in [3.8, 4) is 11.5 Å². The topological polar surface area (TPSA) is 35.2 Å². The van der Waals surface area contributed by atoms with E-state index in [2.05, 4.69) is 35.8 Å². The summed E-state index contributed by atoms with van der Waals surface area (Å²) in [5.41, 5.74) is 8.18. The zero-order chi connectivity index (χ0) is 14.7. The van der Waals surface area contributed by atoms with Crippen LogP contribution in [0.3, 0.4) is 0 Å². The first-order valence-corrected chi connectivity index (χ1v) is 7.60. The van der Waals surface area contributed by atoms with Gasteiger partial charge in [-0.25, -0.2) is 0 Å². The number of hydrogen-bond acceptors (Lipinski definition) is 2. The number of nitrogens with two attached hydrogens (primary N) is 1. The van der Waals surface area contributed by atoms with Gasteiger partial charge in [-0.2, -0.15) is 0 Å². The fourth-order valence-electron chi connectivity index (χ4n) is 2.05. The predicted octanol–water partition coefficient (Wildman–Crippen LogP) is 5.38. The van der Waals surface area contributed by atoms with Gasteiger partial charge in [0, 0.05) is 6.04 Å².